The molecular formula is C17H18N2O. The highest BCUT2D eigenvalue weighted by Gasteiger charge is 2.36. The molecule has 3 nitrogen and oxygen atoms in total. The van der Waals surface area contributed by atoms with Gasteiger partial charge in [-0.2, -0.15) is 0 Å². The summed E-state index contributed by atoms with van der Waals surface area (Å²) in [5.74, 6) is 0.253. The van der Waals surface area contributed by atoms with E-state index in [1.165, 1.54) is 5.39 Å². The van der Waals surface area contributed by atoms with Crippen LogP contribution in [-0.4, -0.2) is 27.5 Å². The Morgan fingerprint density at radius 1 is 1.20 bits per heavy atom. The summed E-state index contributed by atoms with van der Waals surface area (Å²) in [6.07, 6.45) is 9.75. The van der Waals surface area contributed by atoms with Crippen molar-refractivity contribution in [1.82, 2.24) is 9.47 Å². The van der Waals surface area contributed by atoms with E-state index in [9.17, 15) is 4.79 Å². The summed E-state index contributed by atoms with van der Waals surface area (Å²) in [7, 11) is 0. The Bertz CT molecular complexity index is 685. The highest BCUT2D eigenvalue weighted by atomic mass is 16.2. The van der Waals surface area contributed by atoms with Gasteiger partial charge in [0, 0.05) is 17.8 Å². The topological polar surface area (TPSA) is 25.2 Å². The maximum absolute atomic E-state index is 12.6. The summed E-state index contributed by atoms with van der Waals surface area (Å²) in [6, 6.07) is 11.1. The first-order valence-electron chi connectivity index (χ1n) is 7.34. The zero-order valence-corrected chi connectivity index (χ0v) is 11.4. The van der Waals surface area contributed by atoms with Crippen LogP contribution in [0.3, 0.4) is 0 Å². The molecule has 2 aliphatic heterocycles. The number of aromatic nitrogens is 1. The lowest BCUT2D eigenvalue weighted by Crippen LogP contribution is -2.43. The normalized spacial score (nSPS) is 24.5. The molecule has 0 aliphatic carbocycles. The van der Waals surface area contributed by atoms with Crippen LogP contribution in [0, 0.1) is 0 Å². The Hall–Kier alpha value is -2.03. The fourth-order valence-electron chi connectivity index (χ4n) is 3.62. The highest BCUT2D eigenvalue weighted by Crippen LogP contribution is 2.31. The first-order chi connectivity index (χ1) is 9.83. The fraction of sp³-hybridized carbons (Fsp3) is 0.353. The van der Waals surface area contributed by atoms with Crippen molar-refractivity contribution >= 4 is 16.8 Å². The van der Waals surface area contributed by atoms with E-state index in [0.717, 1.165) is 24.8 Å². The van der Waals surface area contributed by atoms with E-state index < -0.39 is 0 Å². The molecule has 2 bridgehead atoms. The van der Waals surface area contributed by atoms with Gasteiger partial charge in [-0.25, -0.2) is 0 Å². The van der Waals surface area contributed by atoms with E-state index in [0.29, 0.717) is 18.6 Å². The maximum Gasteiger partial charge on any atom is 0.243 e. The Morgan fingerprint density at radius 2 is 2.10 bits per heavy atom. The van der Waals surface area contributed by atoms with E-state index >= 15 is 0 Å². The van der Waals surface area contributed by atoms with Crippen LogP contribution in [0.15, 0.2) is 48.7 Å². The van der Waals surface area contributed by atoms with Crippen molar-refractivity contribution in [3.05, 3.63) is 48.7 Å². The van der Waals surface area contributed by atoms with Crippen molar-refractivity contribution in [3.63, 3.8) is 0 Å². The quantitative estimate of drug-likeness (QED) is 0.767. The molecule has 20 heavy (non-hydrogen) atoms. The van der Waals surface area contributed by atoms with Gasteiger partial charge in [-0.15, -0.1) is 0 Å². The number of amides is 1. The number of hydrogen-bond donors (Lipinski definition) is 0. The second kappa shape index (κ2) is 4.51. The maximum atomic E-state index is 12.6. The molecule has 1 aromatic heterocycles. The van der Waals surface area contributed by atoms with Crippen molar-refractivity contribution < 1.29 is 4.79 Å². The molecule has 0 unspecified atom stereocenters. The lowest BCUT2D eigenvalue weighted by molar-refractivity contribution is -0.134. The molecule has 2 aromatic rings. The second-order valence-electron chi connectivity index (χ2n) is 5.77. The minimum atomic E-state index is 0.253. The monoisotopic (exact) mass is 266 g/mol. The van der Waals surface area contributed by atoms with Crippen molar-refractivity contribution in [2.24, 2.45) is 0 Å². The van der Waals surface area contributed by atoms with Gasteiger partial charge in [0.05, 0.1) is 6.04 Å². The molecule has 0 N–H and O–H groups in total. The van der Waals surface area contributed by atoms with Crippen LogP contribution in [0.25, 0.3) is 10.9 Å². The SMILES string of the molecule is O=C(Cn1ccc2ccccc21)N1[C@H]2CC=C[C@H]1CC2. The zero-order valence-electron chi connectivity index (χ0n) is 11.4. The van der Waals surface area contributed by atoms with Crippen LogP contribution in [0.1, 0.15) is 19.3 Å². The third kappa shape index (κ3) is 1.77. The van der Waals surface area contributed by atoms with Crippen molar-refractivity contribution in [2.45, 2.75) is 37.9 Å². The van der Waals surface area contributed by atoms with Crippen LogP contribution in [-0.2, 0) is 11.3 Å². The number of para-hydroxylation sites is 1. The molecule has 1 fully saturated rings. The van der Waals surface area contributed by atoms with Gasteiger partial charge in [-0.05, 0) is 36.8 Å². The molecule has 4 rings (SSSR count). The molecule has 3 heteroatoms. The average molecular weight is 266 g/mol. The highest BCUT2D eigenvalue weighted by molar-refractivity contribution is 5.83. The Labute approximate surface area is 118 Å². The minimum absolute atomic E-state index is 0.253. The lowest BCUT2D eigenvalue weighted by atomic mass is 10.1. The van der Waals surface area contributed by atoms with Gasteiger partial charge >= 0.3 is 0 Å². The first-order valence-corrected chi connectivity index (χ1v) is 7.34. The van der Waals surface area contributed by atoms with Gasteiger partial charge in [-0.3, -0.25) is 4.79 Å². The molecule has 102 valence electrons. The van der Waals surface area contributed by atoms with Gasteiger partial charge in [0.15, 0.2) is 0 Å². The number of fused-ring (bicyclic) bond motifs is 3. The molecule has 3 heterocycles. The number of rotatable bonds is 2. The van der Waals surface area contributed by atoms with E-state index in [-0.39, 0.29) is 5.91 Å². The van der Waals surface area contributed by atoms with Crippen molar-refractivity contribution in [2.75, 3.05) is 0 Å². The minimum Gasteiger partial charge on any atom is -0.338 e. The summed E-state index contributed by atoms with van der Waals surface area (Å²) < 4.78 is 2.06. The van der Waals surface area contributed by atoms with Crippen molar-refractivity contribution in [3.8, 4) is 0 Å². The Morgan fingerprint density at radius 3 is 3.00 bits per heavy atom. The van der Waals surface area contributed by atoms with Gasteiger partial charge in [0.1, 0.15) is 6.54 Å². The number of hydrogen-bond acceptors (Lipinski definition) is 1. The standard InChI is InChI=1S/C17H18N2O/c20-17(19-14-5-3-6-15(19)9-8-14)12-18-11-10-13-4-1-2-7-16(13)18/h1-5,7,10-11,14-15H,6,8-9,12H2/t14-,15-/m0/s1. The molecule has 0 saturated carbocycles. The molecule has 0 spiro atoms. The number of carbonyl (C=O) groups is 1. The van der Waals surface area contributed by atoms with E-state index in [2.05, 4.69) is 39.8 Å². The zero-order chi connectivity index (χ0) is 13.5. The number of benzene rings is 1. The van der Waals surface area contributed by atoms with Crippen LogP contribution in [0.4, 0.5) is 0 Å². The summed E-state index contributed by atoms with van der Waals surface area (Å²) in [4.78, 5) is 14.7. The van der Waals surface area contributed by atoms with Crippen LogP contribution >= 0.6 is 0 Å². The third-order valence-corrected chi connectivity index (χ3v) is 4.59. The number of nitrogens with zero attached hydrogens (tertiary/aromatic N) is 2. The van der Waals surface area contributed by atoms with Crippen LogP contribution in [0.2, 0.25) is 0 Å². The molecule has 1 amide bonds. The Balaban J connectivity index is 1.60. The fourth-order valence-corrected chi connectivity index (χ4v) is 3.62. The lowest BCUT2D eigenvalue weighted by Gasteiger charge is -2.31. The van der Waals surface area contributed by atoms with Gasteiger partial charge in [0.25, 0.3) is 0 Å². The van der Waals surface area contributed by atoms with E-state index in [4.69, 9.17) is 0 Å². The van der Waals surface area contributed by atoms with Gasteiger partial charge in [0.2, 0.25) is 5.91 Å². The molecule has 0 radical (unpaired) electrons. The Kier molecular flexibility index (Phi) is 2.66. The molecule has 1 saturated heterocycles. The molecule has 1 aromatic carbocycles. The summed E-state index contributed by atoms with van der Waals surface area (Å²) in [5, 5.41) is 1.20. The average Bonchev–Trinajstić information content (AvgIpc) is 2.98. The summed E-state index contributed by atoms with van der Waals surface area (Å²) in [6.45, 7) is 0.453. The largest absolute Gasteiger partial charge is 0.338 e. The third-order valence-electron chi connectivity index (χ3n) is 4.59. The van der Waals surface area contributed by atoms with E-state index in [1.807, 2.05) is 18.3 Å². The molecular weight excluding hydrogens is 248 g/mol. The smallest absolute Gasteiger partial charge is 0.243 e. The molecule has 2 aliphatic rings. The summed E-state index contributed by atoms with van der Waals surface area (Å²) >= 11 is 0. The predicted octanol–water partition coefficient (Wildman–Crippen LogP) is 2.96. The predicted molar refractivity (Wildman–Crippen MR) is 79.4 cm³/mol. The summed E-state index contributed by atoms with van der Waals surface area (Å²) in [5.41, 5.74) is 1.14. The van der Waals surface area contributed by atoms with Gasteiger partial charge in [-0.1, -0.05) is 30.4 Å². The first kappa shape index (κ1) is 11.8. The van der Waals surface area contributed by atoms with E-state index in [1.54, 1.807) is 0 Å². The van der Waals surface area contributed by atoms with Crippen molar-refractivity contribution in [1.29, 1.82) is 0 Å². The second-order valence-corrected chi connectivity index (χ2v) is 5.77. The number of carbonyl (C=O) groups excluding carboxylic acids is 1. The molecule has 2 atom stereocenters. The van der Waals surface area contributed by atoms with Crippen LogP contribution < -0.4 is 0 Å². The van der Waals surface area contributed by atoms with Crippen LogP contribution in [0.5, 0.6) is 0 Å². The van der Waals surface area contributed by atoms with Gasteiger partial charge < -0.3 is 9.47 Å².